The second-order valence-corrected chi connectivity index (χ2v) is 9.99. The van der Waals surface area contributed by atoms with Crippen molar-refractivity contribution in [3.8, 4) is 11.1 Å². The fourth-order valence-corrected chi connectivity index (χ4v) is 5.77. The molecule has 2 aromatic carbocycles. The van der Waals surface area contributed by atoms with Gasteiger partial charge < -0.3 is 20.1 Å². The molecule has 178 valence electrons. The van der Waals surface area contributed by atoms with Crippen molar-refractivity contribution < 1.29 is 24.2 Å². The van der Waals surface area contributed by atoms with Gasteiger partial charge in [-0.25, -0.2) is 9.59 Å². The third kappa shape index (κ3) is 3.73. The molecule has 0 spiro atoms. The average molecular weight is 463 g/mol. The number of carboxylic acids is 1. The first-order valence-electron chi connectivity index (χ1n) is 12.0. The molecule has 1 saturated heterocycles. The van der Waals surface area contributed by atoms with Crippen molar-refractivity contribution in [2.75, 3.05) is 13.2 Å². The highest BCUT2D eigenvalue weighted by molar-refractivity contribution is 5.88. The van der Waals surface area contributed by atoms with Gasteiger partial charge >= 0.3 is 12.1 Å². The first kappa shape index (κ1) is 22.4. The number of likely N-dealkylation sites (tertiary alicyclic amines) is 1. The van der Waals surface area contributed by atoms with E-state index in [9.17, 15) is 19.5 Å². The van der Waals surface area contributed by atoms with Gasteiger partial charge in [-0.1, -0.05) is 48.5 Å². The minimum atomic E-state index is -1.17. The largest absolute Gasteiger partial charge is 0.480 e. The minimum absolute atomic E-state index is 0.0296. The predicted octanol–water partition coefficient (Wildman–Crippen LogP) is 4.30. The average Bonchev–Trinajstić information content (AvgIpc) is 3.35. The highest BCUT2D eigenvalue weighted by Gasteiger charge is 2.49. The molecule has 2 amide bonds. The molecule has 2 aliphatic carbocycles. The number of ether oxygens (including phenoxy) is 1. The number of carbonyl (C=O) groups is 3. The van der Waals surface area contributed by atoms with Crippen LogP contribution in [-0.2, 0) is 14.3 Å². The zero-order chi connectivity index (χ0) is 23.9. The minimum Gasteiger partial charge on any atom is -0.480 e. The number of nitrogens with one attached hydrogen (secondary N) is 1. The van der Waals surface area contributed by atoms with E-state index in [2.05, 4.69) is 29.6 Å². The summed E-state index contributed by atoms with van der Waals surface area (Å²) in [5.41, 5.74) is 2.78. The third-order valence-corrected chi connectivity index (χ3v) is 7.91. The molecule has 0 bridgehead atoms. The van der Waals surface area contributed by atoms with E-state index in [0.717, 1.165) is 17.5 Å². The molecule has 2 fully saturated rings. The van der Waals surface area contributed by atoms with Crippen LogP contribution in [0.25, 0.3) is 11.1 Å². The van der Waals surface area contributed by atoms with Gasteiger partial charge in [-0.2, -0.15) is 0 Å². The lowest BCUT2D eigenvalue weighted by Crippen LogP contribution is -2.58. The molecule has 5 rings (SSSR count). The molecule has 1 atom stereocenters. The van der Waals surface area contributed by atoms with E-state index in [4.69, 9.17) is 4.74 Å². The number of alkyl carbamates (subject to hydrolysis) is 1. The Morgan fingerprint density at radius 2 is 1.62 bits per heavy atom. The van der Waals surface area contributed by atoms with Crippen LogP contribution in [0.4, 0.5) is 4.79 Å². The van der Waals surface area contributed by atoms with E-state index >= 15 is 0 Å². The van der Waals surface area contributed by atoms with E-state index in [-0.39, 0.29) is 24.9 Å². The number of hydrogen-bond acceptors (Lipinski definition) is 4. The van der Waals surface area contributed by atoms with Crippen molar-refractivity contribution >= 4 is 18.0 Å². The molecule has 7 heteroatoms. The Balaban J connectivity index is 1.24. The lowest BCUT2D eigenvalue weighted by Gasteiger charge is -2.43. The molecule has 7 nitrogen and oxygen atoms in total. The molecule has 3 aliphatic rings. The van der Waals surface area contributed by atoms with Gasteiger partial charge in [0.25, 0.3) is 0 Å². The number of hydrogen-bond donors (Lipinski definition) is 2. The lowest BCUT2D eigenvalue weighted by molar-refractivity contribution is -0.156. The summed E-state index contributed by atoms with van der Waals surface area (Å²) in [6.07, 6.45) is 2.95. The summed E-state index contributed by atoms with van der Waals surface area (Å²) in [6, 6.07) is 16.3. The fourth-order valence-electron chi connectivity index (χ4n) is 5.77. The highest BCUT2D eigenvalue weighted by Crippen LogP contribution is 2.44. The maximum atomic E-state index is 13.1. The Kier molecular flexibility index (Phi) is 5.58. The molecule has 34 heavy (non-hydrogen) atoms. The van der Waals surface area contributed by atoms with Gasteiger partial charge in [0.2, 0.25) is 5.91 Å². The van der Waals surface area contributed by atoms with E-state index in [1.165, 1.54) is 16.0 Å². The Bertz CT molecular complexity index is 1100. The van der Waals surface area contributed by atoms with Crippen LogP contribution in [-0.4, -0.2) is 52.2 Å². The van der Waals surface area contributed by atoms with Gasteiger partial charge in [0.15, 0.2) is 0 Å². The molecule has 1 heterocycles. The van der Waals surface area contributed by atoms with Crippen LogP contribution >= 0.6 is 0 Å². The standard InChI is InChI=1S/C27H30N2O5/c1-26(24(31)32)12-7-15-29(26)23(30)16-27(13-6-14-27)28-25(33)34-17-22-20-10-4-2-8-18(20)19-9-3-5-11-21(19)22/h2-5,8-11,22H,6-7,12-17H2,1H3,(H,28,33)(H,31,32). The summed E-state index contributed by atoms with van der Waals surface area (Å²) in [7, 11) is 0. The zero-order valence-corrected chi connectivity index (χ0v) is 19.4. The van der Waals surface area contributed by atoms with Crippen LogP contribution in [0.2, 0.25) is 0 Å². The number of aliphatic carboxylic acids is 1. The summed E-state index contributed by atoms with van der Waals surface area (Å²) in [4.78, 5) is 39.1. The number of nitrogens with zero attached hydrogens (tertiary/aromatic N) is 1. The van der Waals surface area contributed by atoms with E-state index in [1.807, 2.05) is 24.3 Å². The number of carbonyl (C=O) groups excluding carboxylic acids is 2. The summed E-state index contributed by atoms with van der Waals surface area (Å²) < 4.78 is 5.69. The van der Waals surface area contributed by atoms with E-state index in [1.54, 1.807) is 6.92 Å². The molecule has 2 N–H and O–H groups in total. The second-order valence-electron chi connectivity index (χ2n) is 9.99. The third-order valence-electron chi connectivity index (χ3n) is 7.91. The SMILES string of the molecule is CC1(C(=O)O)CCCN1C(=O)CC1(NC(=O)OCC2c3ccccc3-c3ccccc32)CCC1. The van der Waals surface area contributed by atoms with Gasteiger partial charge in [-0.05, 0) is 61.3 Å². The monoisotopic (exact) mass is 462 g/mol. The Hall–Kier alpha value is -3.35. The fraction of sp³-hybridized carbons (Fsp3) is 0.444. The number of amides is 2. The molecule has 0 radical (unpaired) electrons. The van der Waals surface area contributed by atoms with Crippen LogP contribution in [0.5, 0.6) is 0 Å². The molecule has 1 aliphatic heterocycles. The quantitative estimate of drug-likeness (QED) is 0.667. The number of carboxylic acid groups (broad SMARTS) is 1. The lowest BCUT2D eigenvalue weighted by atomic mass is 9.74. The number of fused-ring (bicyclic) bond motifs is 3. The summed E-state index contributed by atoms with van der Waals surface area (Å²) in [5, 5.41) is 12.6. The molecular formula is C27H30N2O5. The van der Waals surface area contributed by atoms with Crippen LogP contribution in [0.3, 0.4) is 0 Å². The van der Waals surface area contributed by atoms with Gasteiger partial charge in [0.1, 0.15) is 12.1 Å². The Morgan fingerprint density at radius 1 is 1.00 bits per heavy atom. The maximum absolute atomic E-state index is 13.1. The zero-order valence-electron chi connectivity index (χ0n) is 19.4. The smallest absolute Gasteiger partial charge is 0.407 e. The molecule has 0 aromatic heterocycles. The van der Waals surface area contributed by atoms with Gasteiger partial charge in [0.05, 0.1) is 12.0 Å². The summed E-state index contributed by atoms with van der Waals surface area (Å²) in [5.74, 6) is -1.23. The first-order chi connectivity index (χ1) is 16.3. The van der Waals surface area contributed by atoms with Crippen molar-refractivity contribution in [2.24, 2.45) is 0 Å². The first-order valence-corrected chi connectivity index (χ1v) is 12.0. The highest BCUT2D eigenvalue weighted by atomic mass is 16.5. The van der Waals surface area contributed by atoms with Crippen molar-refractivity contribution in [3.05, 3.63) is 59.7 Å². The normalized spacial score (nSPS) is 22.4. The van der Waals surface area contributed by atoms with Gasteiger partial charge in [-0.15, -0.1) is 0 Å². The molecule has 1 saturated carbocycles. The van der Waals surface area contributed by atoms with Crippen molar-refractivity contribution in [1.29, 1.82) is 0 Å². The second kappa shape index (κ2) is 8.46. The van der Waals surface area contributed by atoms with Gasteiger partial charge in [-0.3, -0.25) is 4.79 Å². The van der Waals surface area contributed by atoms with E-state index in [0.29, 0.717) is 32.2 Å². The summed E-state index contributed by atoms with van der Waals surface area (Å²) in [6.45, 7) is 2.25. The number of benzene rings is 2. The molecular weight excluding hydrogens is 432 g/mol. The van der Waals surface area contributed by atoms with Crippen LogP contribution in [0.1, 0.15) is 62.5 Å². The number of rotatable bonds is 6. The van der Waals surface area contributed by atoms with E-state index < -0.39 is 23.1 Å². The molecule has 2 aromatic rings. The van der Waals surface area contributed by atoms with Crippen LogP contribution in [0, 0.1) is 0 Å². The van der Waals surface area contributed by atoms with Crippen LogP contribution < -0.4 is 5.32 Å². The Labute approximate surface area is 199 Å². The van der Waals surface area contributed by atoms with Crippen molar-refractivity contribution in [1.82, 2.24) is 10.2 Å². The summed E-state index contributed by atoms with van der Waals surface area (Å²) >= 11 is 0. The topological polar surface area (TPSA) is 95.9 Å². The molecule has 1 unspecified atom stereocenters. The van der Waals surface area contributed by atoms with Crippen molar-refractivity contribution in [2.45, 2.75) is 62.4 Å². The van der Waals surface area contributed by atoms with Crippen LogP contribution in [0.15, 0.2) is 48.5 Å². The Morgan fingerprint density at radius 3 is 2.18 bits per heavy atom. The van der Waals surface area contributed by atoms with Crippen molar-refractivity contribution in [3.63, 3.8) is 0 Å². The maximum Gasteiger partial charge on any atom is 0.407 e. The van der Waals surface area contributed by atoms with Gasteiger partial charge in [0, 0.05) is 12.5 Å². The predicted molar refractivity (Wildman–Crippen MR) is 126 cm³/mol.